The maximum atomic E-state index is 10.7. The zero-order valence-corrected chi connectivity index (χ0v) is 10.7. The van der Waals surface area contributed by atoms with Crippen molar-refractivity contribution in [1.82, 2.24) is 5.32 Å². The second kappa shape index (κ2) is 7.84. The number of aliphatic carboxylic acids is 1. The molecule has 0 amide bonds. The van der Waals surface area contributed by atoms with Crippen LogP contribution in [0.1, 0.15) is 24.5 Å². The smallest absolute Gasteiger partial charge is 0.307 e. The molecule has 4 nitrogen and oxygen atoms in total. The van der Waals surface area contributed by atoms with E-state index in [0.29, 0.717) is 12.5 Å². The lowest BCUT2D eigenvalue weighted by molar-refractivity contribution is -0.136. The summed E-state index contributed by atoms with van der Waals surface area (Å²) in [6.45, 7) is 3.77. The molecule has 0 aliphatic carbocycles. The van der Waals surface area contributed by atoms with Gasteiger partial charge in [-0.05, 0) is 30.0 Å². The van der Waals surface area contributed by atoms with Gasteiger partial charge in [-0.25, -0.2) is 0 Å². The number of rotatable bonds is 8. The first-order chi connectivity index (χ1) is 8.63. The van der Waals surface area contributed by atoms with Gasteiger partial charge in [0.05, 0.1) is 6.42 Å². The summed E-state index contributed by atoms with van der Waals surface area (Å²) in [6, 6.07) is 7.57. The number of carbonyl (C=O) groups is 1. The Hall–Kier alpha value is -1.39. The fraction of sp³-hybridized carbons (Fsp3) is 0.500. The molecule has 1 unspecified atom stereocenters. The van der Waals surface area contributed by atoms with E-state index >= 15 is 0 Å². The molecule has 0 saturated carbocycles. The second-order valence-electron chi connectivity index (χ2n) is 4.59. The lowest BCUT2D eigenvalue weighted by Gasteiger charge is -2.13. The molecule has 1 rings (SSSR count). The van der Waals surface area contributed by atoms with E-state index < -0.39 is 5.97 Å². The number of nitrogens with one attached hydrogen (secondary N) is 1. The van der Waals surface area contributed by atoms with Gasteiger partial charge in [0.25, 0.3) is 0 Å². The summed E-state index contributed by atoms with van der Waals surface area (Å²) in [4.78, 5) is 10.7. The van der Waals surface area contributed by atoms with E-state index in [-0.39, 0.29) is 13.0 Å². The third-order valence-corrected chi connectivity index (χ3v) is 2.89. The number of carboxylic acids is 1. The molecule has 0 heterocycles. The molecule has 1 aromatic rings. The molecule has 18 heavy (non-hydrogen) atoms. The fourth-order valence-corrected chi connectivity index (χ4v) is 1.84. The maximum Gasteiger partial charge on any atom is 0.307 e. The van der Waals surface area contributed by atoms with Gasteiger partial charge >= 0.3 is 5.97 Å². The highest BCUT2D eigenvalue weighted by molar-refractivity contribution is 5.70. The Morgan fingerprint density at radius 3 is 2.61 bits per heavy atom. The summed E-state index contributed by atoms with van der Waals surface area (Å²) in [7, 11) is 0. The monoisotopic (exact) mass is 251 g/mol. The average Bonchev–Trinajstić information content (AvgIpc) is 2.31. The third-order valence-electron chi connectivity index (χ3n) is 2.89. The van der Waals surface area contributed by atoms with Crippen molar-refractivity contribution in [2.24, 2.45) is 5.92 Å². The Bertz CT molecular complexity index is 379. The van der Waals surface area contributed by atoms with Crippen LogP contribution in [0.4, 0.5) is 0 Å². The number of hydrogen-bond acceptors (Lipinski definition) is 3. The molecule has 0 aliphatic heterocycles. The van der Waals surface area contributed by atoms with Gasteiger partial charge in [-0.15, -0.1) is 0 Å². The molecule has 0 fully saturated rings. The predicted octanol–water partition coefficient (Wildman–Crippen LogP) is 1.42. The first-order valence-corrected chi connectivity index (χ1v) is 6.23. The summed E-state index contributed by atoms with van der Waals surface area (Å²) < 4.78 is 0. The van der Waals surface area contributed by atoms with Crippen LogP contribution in [0.25, 0.3) is 0 Å². The second-order valence-corrected chi connectivity index (χ2v) is 4.59. The zero-order chi connectivity index (χ0) is 13.4. The van der Waals surface area contributed by atoms with Crippen molar-refractivity contribution in [3.8, 4) is 0 Å². The number of hydrogen-bond donors (Lipinski definition) is 3. The van der Waals surface area contributed by atoms with E-state index in [0.717, 1.165) is 24.1 Å². The van der Waals surface area contributed by atoms with Gasteiger partial charge in [-0.3, -0.25) is 4.79 Å². The Morgan fingerprint density at radius 1 is 1.33 bits per heavy atom. The van der Waals surface area contributed by atoms with Crippen molar-refractivity contribution < 1.29 is 15.0 Å². The molecule has 0 aromatic heterocycles. The van der Waals surface area contributed by atoms with Crippen LogP contribution < -0.4 is 5.32 Å². The number of benzene rings is 1. The van der Waals surface area contributed by atoms with Gasteiger partial charge in [-0.2, -0.15) is 0 Å². The highest BCUT2D eigenvalue weighted by atomic mass is 16.4. The van der Waals surface area contributed by atoms with Crippen LogP contribution in [0.2, 0.25) is 0 Å². The molecule has 4 heteroatoms. The van der Waals surface area contributed by atoms with E-state index in [2.05, 4.69) is 12.2 Å². The molecular formula is C14H21NO3. The Labute approximate surface area is 108 Å². The standard InChI is InChI=1S/C14H21NO3/c1-11(6-7-16)9-15-10-13-5-3-2-4-12(13)8-14(17)18/h2-5,11,15-16H,6-10H2,1H3,(H,17,18). The van der Waals surface area contributed by atoms with Gasteiger partial charge in [0.15, 0.2) is 0 Å². The highest BCUT2D eigenvalue weighted by Crippen LogP contribution is 2.10. The Balaban J connectivity index is 2.48. The predicted molar refractivity (Wildman–Crippen MR) is 70.4 cm³/mol. The van der Waals surface area contributed by atoms with Crippen molar-refractivity contribution in [2.45, 2.75) is 26.3 Å². The average molecular weight is 251 g/mol. The molecule has 100 valence electrons. The van der Waals surface area contributed by atoms with Crippen LogP contribution in [0.5, 0.6) is 0 Å². The molecule has 1 aromatic carbocycles. The summed E-state index contributed by atoms with van der Waals surface area (Å²) >= 11 is 0. The topological polar surface area (TPSA) is 69.6 Å². The molecule has 0 radical (unpaired) electrons. The third kappa shape index (κ3) is 5.29. The quantitative estimate of drug-likeness (QED) is 0.653. The van der Waals surface area contributed by atoms with Gasteiger partial charge in [0.1, 0.15) is 0 Å². The van der Waals surface area contributed by atoms with Crippen molar-refractivity contribution in [3.63, 3.8) is 0 Å². The van der Waals surface area contributed by atoms with Crippen LogP contribution in [0.15, 0.2) is 24.3 Å². The molecule has 0 bridgehead atoms. The van der Waals surface area contributed by atoms with Crippen molar-refractivity contribution in [1.29, 1.82) is 0 Å². The van der Waals surface area contributed by atoms with E-state index in [9.17, 15) is 4.79 Å². The minimum atomic E-state index is -0.809. The Kier molecular flexibility index (Phi) is 6.39. The summed E-state index contributed by atoms with van der Waals surface area (Å²) in [6.07, 6.45) is 0.841. The largest absolute Gasteiger partial charge is 0.481 e. The molecule has 0 aliphatic rings. The van der Waals surface area contributed by atoms with Gasteiger partial charge < -0.3 is 15.5 Å². The minimum absolute atomic E-state index is 0.0596. The highest BCUT2D eigenvalue weighted by Gasteiger charge is 2.06. The lowest BCUT2D eigenvalue weighted by atomic mass is 10.0. The van der Waals surface area contributed by atoms with E-state index in [1.54, 1.807) is 0 Å². The summed E-state index contributed by atoms with van der Waals surface area (Å²) in [5, 5.41) is 20.9. The van der Waals surface area contributed by atoms with Crippen LogP contribution in [0, 0.1) is 5.92 Å². The first kappa shape index (κ1) is 14.7. The van der Waals surface area contributed by atoms with Gasteiger partial charge in [0, 0.05) is 13.2 Å². The van der Waals surface area contributed by atoms with Crippen molar-refractivity contribution in [2.75, 3.05) is 13.2 Å². The molecule has 3 N–H and O–H groups in total. The minimum Gasteiger partial charge on any atom is -0.481 e. The number of carboxylic acid groups (broad SMARTS) is 1. The van der Waals surface area contributed by atoms with Gasteiger partial charge in [-0.1, -0.05) is 31.2 Å². The fourth-order valence-electron chi connectivity index (χ4n) is 1.84. The van der Waals surface area contributed by atoms with Crippen molar-refractivity contribution >= 4 is 5.97 Å². The van der Waals surface area contributed by atoms with Crippen LogP contribution in [0.3, 0.4) is 0 Å². The normalized spacial score (nSPS) is 12.3. The van der Waals surface area contributed by atoms with Crippen molar-refractivity contribution in [3.05, 3.63) is 35.4 Å². The van der Waals surface area contributed by atoms with Crippen LogP contribution >= 0.6 is 0 Å². The molecular weight excluding hydrogens is 230 g/mol. The van der Waals surface area contributed by atoms with E-state index in [4.69, 9.17) is 10.2 Å². The maximum absolute atomic E-state index is 10.7. The van der Waals surface area contributed by atoms with Crippen LogP contribution in [-0.4, -0.2) is 29.3 Å². The molecule has 0 spiro atoms. The number of aliphatic hydroxyl groups excluding tert-OH is 1. The zero-order valence-electron chi connectivity index (χ0n) is 10.7. The first-order valence-electron chi connectivity index (χ1n) is 6.23. The van der Waals surface area contributed by atoms with E-state index in [1.807, 2.05) is 24.3 Å². The summed E-state index contributed by atoms with van der Waals surface area (Å²) in [5.41, 5.74) is 1.88. The van der Waals surface area contributed by atoms with Gasteiger partial charge in [0.2, 0.25) is 0 Å². The summed E-state index contributed by atoms with van der Waals surface area (Å²) in [5.74, 6) is -0.391. The van der Waals surface area contributed by atoms with Crippen LogP contribution in [-0.2, 0) is 17.8 Å². The van der Waals surface area contributed by atoms with E-state index in [1.165, 1.54) is 0 Å². The molecule has 1 atom stereocenters. The molecule has 0 saturated heterocycles. The SMILES string of the molecule is CC(CCO)CNCc1ccccc1CC(=O)O. The number of aliphatic hydroxyl groups is 1. The lowest BCUT2D eigenvalue weighted by Crippen LogP contribution is -2.22. The Morgan fingerprint density at radius 2 is 2.00 bits per heavy atom.